The van der Waals surface area contributed by atoms with Crippen LogP contribution in [0.4, 0.5) is 0 Å². The molecule has 0 heterocycles. The summed E-state index contributed by atoms with van der Waals surface area (Å²) in [6, 6.07) is 16.0. The average molecular weight is 303 g/mol. The Bertz CT molecular complexity index is 628. The van der Waals surface area contributed by atoms with Crippen molar-refractivity contribution in [2.75, 3.05) is 6.61 Å². The summed E-state index contributed by atoms with van der Waals surface area (Å²) < 4.78 is 0. The molecule has 0 bridgehead atoms. The average Bonchev–Trinajstić information content (AvgIpc) is 2.46. The lowest BCUT2D eigenvalue weighted by atomic mass is 10.1. The van der Waals surface area contributed by atoms with Crippen LogP contribution in [0.2, 0.25) is 5.02 Å². The highest BCUT2D eigenvalue weighted by Gasteiger charge is 1.98. The van der Waals surface area contributed by atoms with Crippen LogP contribution in [0.1, 0.15) is 17.5 Å². The van der Waals surface area contributed by atoms with E-state index in [1.807, 2.05) is 30.3 Å². The fraction of sp³-hybridized carbons (Fsp3) is 0.176. The van der Waals surface area contributed by atoms with Crippen molar-refractivity contribution in [2.45, 2.75) is 17.1 Å². The van der Waals surface area contributed by atoms with Crippen molar-refractivity contribution in [3.8, 4) is 11.8 Å². The van der Waals surface area contributed by atoms with Crippen molar-refractivity contribution < 1.29 is 5.11 Å². The predicted molar refractivity (Wildman–Crippen MR) is 86.0 cm³/mol. The van der Waals surface area contributed by atoms with Crippen LogP contribution < -0.4 is 0 Å². The Morgan fingerprint density at radius 2 is 1.95 bits per heavy atom. The molecule has 1 N–H and O–H groups in total. The first kappa shape index (κ1) is 15.0. The molecular weight excluding hydrogens is 288 g/mol. The largest absolute Gasteiger partial charge is 0.395 e. The van der Waals surface area contributed by atoms with Gasteiger partial charge in [-0.1, -0.05) is 41.6 Å². The molecule has 0 saturated carbocycles. The zero-order chi connectivity index (χ0) is 14.2. The van der Waals surface area contributed by atoms with Gasteiger partial charge in [-0.05, 0) is 35.9 Å². The Labute approximate surface area is 129 Å². The van der Waals surface area contributed by atoms with Gasteiger partial charge in [0.2, 0.25) is 0 Å². The zero-order valence-corrected chi connectivity index (χ0v) is 12.5. The van der Waals surface area contributed by atoms with Gasteiger partial charge in [0.25, 0.3) is 0 Å². The third kappa shape index (κ3) is 4.94. The second kappa shape index (κ2) is 8.01. The van der Waals surface area contributed by atoms with Crippen LogP contribution in [-0.2, 0) is 5.75 Å². The first-order chi connectivity index (χ1) is 9.78. The molecule has 0 unspecified atom stereocenters. The molecule has 0 aromatic heterocycles. The summed E-state index contributed by atoms with van der Waals surface area (Å²) in [6.45, 7) is 0.108. The van der Waals surface area contributed by atoms with Gasteiger partial charge < -0.3 is 5.11 Å². The molecule has 20 heavy (non-hydrogen) atoms. The highest BCUT2D eigenvalue weighted by Crippen LogP contribution is 2.25. The fourth-order valence-electron chi connectivity index (χ4n) is 1.68. The molecule has 1 nitrogen and oxygen atoms in total. The van der Waals surface area contributed by atoms with E-state index in [-0.39, 0.29) is 6.61 Å². The topological polar surface area (TPSA) is 20.2 Å². The zero-order valence-electron chi connectivity index (χ0n) is 11.0. The van der Waals surface area contributed by atoms with Crippen LogP contribution in [0.15, 0.2) is 53.4 Å². The lowest BCUT2D eigenvalue weighted by molar-refractivity contribution is 0.305. The van der Waals surface area contributed by atoms with E-state index in [2.05, 4.69) is 30.0 Å². The van der Waals surface area contributed by atoms with E-state index >= 15 is 0 Å². The Kier molecular flexibility index (Phi) is 6.01. The number of aliphatic hydroxyl groups is 1. The summed E-state index contributed by atoms with van der Waals surface area (Å²) >= 11 is 7.72. The van der Waals surface area contributed by atoms with Gasteiger partial charge in [0, 0.05) is 27.7 Å². The maximum Gasteiger partial charge on any atom is 0.0540 e. The van der Waals surface area contributed by atoms with Crippen LogP contribution in [0, 0.1) is 11.8 Å². The molecule has 0 atom stereocenters. The molecule has 102 valence electrons. The number of benzene rings is 2. The molecule has 0 aliphatic carbocycles. The molecule has 0 radical (unpaired) electrons. The summed E-state index contributed by atoms with van der Waals surface area (Å²) in [6.07, 6.45) is 0.515. The third-order valence-corrected chi connectivity index (χ3v) is 3.90. The summed E-state index contributed by atoms with van der Waals surface area (Å²) in [5.41, 5.74) is 2.22. The van der Waals surface area contributed by atoms with Crippen molar-refractivity contribution in [1.29, 1.82) is 0 Å². The first-order valence-corrected chi connectivity index (χ1v) is 7.71. The van der Waals surface area contributed by atoms with Gasteiger partial charge in [0.1, 0.15) is 0 Å². The SMILES string of the molecule is OCCC#Cc1cccc(CSc2cccc(Cl)c2)c1. The number of halogens is 1. The smallest absolute Gasteiger partial charge is 0.0540 e. The standard InChI is InChI=1S/C17H15ClOS/c18-16-8-4-9-17(12-16)20-13-15-7-3-6-14(11-15)5-1-2-10-19/h3-4,6-9,11-12,19H,2,10,13H2. The van der Waals surface area contributed by atoms with Crippen LogP contribution >= 0.6 is 23.4 Å². The van der Waals surface area contributed by atoms with Crippen LogP contribution in [-0.4, -0.2) is 11.7 Å². The number of hydrogen-bond donors (Lipinski definition) is 1. The van der Waals surface area contributed by atoms with Crippen molar-refractivity contribution in [1.82, 2.24) is 0 Å². The first-order valence-electron chi connectivity index (χ1n) is 6.35. The van der Waals surface area contributed by atoms with Gasteiger partial charge in [-0.15, -0.1) is 11.8 Å². The maximum absolute atomic E-state index is 8.71. The van der Waals surface area contributed by atoms with E-state index in [1.54, 1.807) is 11.8 Å². The number of hydrogen-bond acceptors (Lipinski definition) is 2. The monoisotopic (exact) mass is 302 g/mol. The third-order valence-electron chi connectivity index (χ3n) is 2.60. The van der Waals surface area contributed by atoms with Gasteiger partial charge >= 0.3 is 0 Å². The molecule has 2 rings (SSSR count). The van der Waals surface area contributed by atoms with Gasteiger partial charge in [0.15, 0.2) is 0 Å². The normalized spacial score (nSPS) is 9.90. The number of aliphatic hydroxyl groups excluding tert-OH is 1. The Hall–Kier alpha value is -1.40. The van der Waals surface area contributed by atoms with Gasteiger partial charge in [-0.2, -0.15) is 0 Å². The molecule has 0 fully saturated rings. The minimum absolute atomic E-state index is 0.108. The Balaban J connectivity index is 2.00. The van der Waals surface area contributed by atoms with E-state index in [4.69, 9.17) is 16.7 Å². The molecule has 0 aliphatic rings. The van der Waals surface area contributed by atoms with Gasteiger partial charge in [0.05, 0.1) is 6.61 Å². The van der Waals surface area contributed by atoms with E-state index < -0.39 is 0 Å². The number of rotatable bonds is 4. The molecule has 2 aromatic rings. The van der Waals surface area contributed by atoms with Crippen LogP contribution in [0.5, 0.6) is 0 Å². The Morgan fingerprint density at radius 1 is 1.10 bits per heavy atom. The lowest BCUT2D eigenvalue weighted by Crippen LogP contribution is -1.83. The lowest BCUT2D eigenvalue weighted by Gasteiger charge is -2.03. The molecule has 3 heteroatoms. The molecule has 0 saturated heterocycles. The maximum atomic E-state index is 8.71. The van der Waals surface area contributed by atoms with Crippen LogP contribution in [0.3, 0.4) is 0 Å². The summed E-state index contributed by atoms with van der Waals surface area (Å²) in [5, 5.41) is 9.48. The van der Waals surface area contributed by atoms with Gasteiger partial charge in [-0.3, -0.25) is 0 Å². The molecule has 2 aromatic carbocycles. The highest BCUT2D eigenvalue weighted by atomic mass is 35.5. The molecule has 0 amide bonds. The highest BCUT2D eigenvalue weighted by molar-refractivity contribution is 7.98. The van der Waals surface area contributed by atoms with E-state index in [9.17, 15) is 0 Å². The summed E-state index contributed by atoms with van der Waals surface area (Å²) in [4.78, 5) is 1.16. The predicted octanol–water partition coefficient (Wildman–Crippen LogP) is 4.37. The Morgan fingerprint density at radius 3 is 2.75 bits per heavy atom. The summed E-state index contributed by atoms with van der Waals surface area (Å²) in [5.74, 6) is 6.87. The van der Waals surface area contributed by atoms with E-state index in [1.165, 1.54) is 5.56 Å². The van der Waals surface area contributed by atoms with E-state index in [0.717, 1.165) is 21.2 Å². The second-order valence-corrected chi connectivity index (χ2v) is 5.71. The fourth-order valence-corrected chi connectivity index (χ4v) is 2.84. The van der Waals surface area contributed by atoms with Crippen molar-refractivity contribution in [3.05, 3.63) is 64.7 Å². The summed E-state index contributed by atoms with van der Waals surface area (Å²) in [7, 11) is 0. The van der Waals surface area contributed by atoms with Crippen LogP contribution in [0.25, 0.3) is 0 Å². The van der Waals surface area contributed by atoms with Crippen molar-refractivity contribution >= 4 is 23.4 Å². The van der Waals surface area contributed by atoms with Crippen molar-refractivity contribution in [2.24, 2.45) is 0 Å². The van der Waals surface area contributed by atoms with Gasteiger partial charge in [-0.25, -0.2) is 0 Å². The molecule has 0 spiro atoms. The molecule has 0 aliphatic heterocycles. The molecular formula is C17H15ClOS. The minimum Gasteiger partial charge on any atom is -0.395 e. The van der Waals surface area contributed by atoms with Crippen molar-refractivity contribution in [3.63, 3.8) is 0 Å². The number of thioether (sulfide) groups is 1. The quantitative estimate of drug-likeness (QED) is 0.668. The van der Waals surface area contributed by atoms with E-state index in [0.29, 0.717) is 6.42 Å². The second-order valence-electron chi connectivity index (χ2n) is 4.22. The minimum atomic E-state index is 0.108.